The highest BCUT2D eigenvalue weighted by molar-refractivity contribution is 5.99. The predicted octanol–water partition coefficient (Wildman–Crippen LogP) is 3.67. The Morgan fingerprint density at radius 2 is 1.50 bits per heavy atom. The van der Waals surface area contributed by atoms with E-state index in [1.165, 1.54) is 12.1 Å². The van der Waals surface area contributed by atoms with Crippen molar-refractivity contribution in [3.63, 3.8) is 0 Å². The van der Waals surface area contributed by atoms with Gasteiger partial charge in [-0.05, 0) is 36.4 Å². The lowest BCUT2D eigenvalue weighted by atomic mass is 10.1. The van der Waals surface area contributed by atoms with Crippen LogP contribution in [0.5, 0.6) is 0 Å². The molecule has 0 bridgehead atoms. The predicted molar refractivity (Wildman–Crippen MR) is 97.7 cm³/mol. The minimum atomic E-state index is -4.33. The fourth-order valence-corrected chi connectivity index (χ4v) is 2.89. The van der Waals surface area contributed by atoms with Gasteiger partial charge in [0, 0.05) is 37.6 Å². The molecule has 1 heterocycles. The van der Waals surface area contributed by atoms with Gasteiger partial charge in [-0.15, -0.1) is 12.4 Å². The first-order chi connectivity index (χ1) is 11.9. The van der Waals surface area contributed by atoms with Gasteiger partial charge in [0.25, 0.3) is 5.91 Å². The number of piperazine rings is 1. The zero-order valence-corrected chi connectivity index (χ0v) is 14.7. The van der Waals surface area contributed by atoms with Gasteiger partial charge >= 0.3 is 6.18 Å². The lowest BCUT2D eigenvalue weighted by molar-refractivity contribution is -0.137. The maximum atomic E-state index is 12.6. The van der Waals surface area contributed by atoms with Gasteiger partial charge in [0.1, 0.15) is 0 Å². The van der Waals surface area contributed by atoms with Crippen molar-refractivity contribution in [1.82, 2.24) is 4.90 Å². The quantitative estimate of drug-likeness (QED) is 0.802. The second-order valence-electron chi connectivity index (χ2n) is 5.91. The molecular formula is C18H19ClF3N3O. The van der Waals surface area contributed by atoms with Gasteiger partial charge in [-0.3, -0.25) is 4.79 Å². The Bertz CT molecular complexity index is 757. The van der Waals surface area contributed by atoms with Crippen molar-refractivity contribution in [2.24, 2.45) is 0 Å². The summed E-state index contributed by atoms with van der Waals surface area (Å²) in [7, 11) is 0. The first-order valence-corrected chi connectivity index (χ1v) is 7.92. The SMILES string of the molecule is Cl.Nc1ccccc1C(=O)N1CCN(c2ccc(C(F)(F)F)cc2)CC1. The third-order valence-electron chi connectivity index (χ3n) is 4.32. The van der Waals surface area contributed by atoms with Crippen molar-refractivity contribution in [3.8, 4) is 0 Å². The number of nitrogen functional groups attached to an aromatic ring is 1. The summed E-state index contributed by atoms with van der Waals surface area (Å²) in [6, 6.07) is 12.0. The lowest BCUT2D eigenvalue weighted by Gasteiger charge is -2.36. The Morgan fingerprint density at radius 3 is 2.04 bits per heavy atom. The van der Waals surface area contributed by atoms with Gasteiger partial charge in [-0.2, -0.15) is 13.2 Å². The number of anilines is 2. The van der Waals surface area contributed by atoms with E-state index >= 15 is 0 Å². The molecule has 1 aliphatic heterocycles. The van der Waals surface area contributed by atoms with Crippen LogP contribution in [-0.4, -0.2) is 37.0 Å². The van der Waals surface area contributed by atoms with E-state index in [-0.39, 0.29) is 18.3 Å². The Balaban J connectivity index is 0.00000243. The van der Waals surface area contributed by atoms with Crippen LogP contribution in [0.4, 0.5) is 24.5 Å². The minimum Gasteiger partial charge on any atom is -0.398 e. The molecule has 1 fully saturated rings. The lowest BCUT2D eigenvalue weighted by Crippen LogP contribution is -2.48. The molecule has 0 radical (unpaired) electrons. The summed E-state index contributed by atoms with van der Waals surface area (Å²) in [6.45, 7) is 2.11. The molecule has 26 heavy (non-hydrogen) atoms. The highest BCUT2D eigenvalue weighted by atomic mass is 35.5. The van der Waals surface area contributed by atoms with Crippen molar-refractivity contribution >= 4 is 29.7 Å². The Hall–Kier alpha value is -2.41. The Morgan fingerprint density at radius 1 is 0.923 bits per heavy atom. The topological polar surface area (TPSA) is 49.6 Å². The van der Waals surface area contributed by atoms with E-state index in [0.717, 1.165) is 17.8 Å². The number of halogens is 4. The van der Waals surface area contributed by atoms with Crippen molar-refractivity contribution in [2.75, 3.05) is 36.8 Å². The summed E-state index contributed by atoms with van der Waals surface area (Å²) in [4.78, 5) is 16.2. The number of para-hydroxylation sites is 1. The molecule has 1 amide bonds. The van der Waals surface area contributed by atoms with Crippen LogP contribution in [0.3, 0.4) is 0 Å². The molecule has 2 aromatic carbocycles. The van der Waals surface area contributed by atoms with E-state index in [4.69, 9.17) is 5.73 Å². The van der Waals surface area contributed by atoms with Crippen LogP contribution in [0.25, 0.3) is 0 Å². The molecule has 0 saturated carbocycles. The number of carbonyl (C=O) groups excluding carboxylic acids is 1. The molecule has 0 atom stereocenters. The van der Waals surface area contributed by atoms with Crippen LogP contribution in [0.2, 0.25) is 0 Å². The average Bonchev–Trinajstić information content (AvgIpc) is 2.61. The number of nitrogens with zero attached hydrogens (tertiary/aromatic N) is 2. The molecule has 0 aromatic heterocycles. The van der Waals surface area contributed by atoms with Crippen molar-refractivity contribution < 1.29 is 18.0 Å². The second-order valence-corrected chi connectivity index (χ2v) is 5.91. The van der Waals surface area contributed by atoms with E-state index in [1.54, 1.807) is 29.2 Å². The Labute approximate surface area is 155 Å². The van der Waals surface area contributed by atoms with E-state index in [9.17, 15) is 18.0 Å². The number of rotatable bonds is 2. The highest BCUT2D eigenvalue weighted by Crippen LogP contribution is 2.30. The summed E-state index contributed by atoms with van der Waals surface area (Å²) in [5.41, 5.74) is 6.82. The van der Waals surface area contributed by atoms with E-state index in [0.29, 0.717) is 37.4 Å². The van der Waals surface area contributed by atoms with Crippen LogP contribution in [0.15, 0.2) is 48.5 Å². The largest absolute Gasteiger partial charge is 0.416 e. The van der Waals surface area contributed by atoms with Crippen LogP contribution >= 0.6 is 12.4 Å². The first kappa shape index (κ1) is 19.9. The number of benzene rings is 2. The van der Waals surface area contributed by atoms with Gasteiger partial charge in [-0.25, -0.2) is 0 Å². The van der Waals surface area contributed by atoms with Crippen LogP contribution in [0, 0.1) is 0 Å². The number of nitrogens with two attached hydrogens (primary N) is 1. The summed E-state index contributed by atoms with van der Waals surface area (Å²) in [6.07, 6.45) is -4.33. The third-order valence-corrected chi connectivity index (χ3v) is 4.32. The zero-order chi connectivity index (χ0) is 18.0. The second kappa shape index (κ2) is 7.86. The molecule has 4 nitrogen and oxygen atoms in total. The summed E-state index contributed by atoms with van der Waals surface area (Å²) >= 11 is 0. The van der Waals surface area contributed by atoms with Crippen molar-refractivity contribution in [3.05, 3.63) is 59.7 Å². The minimum absolute atomic E-state index is 0. The van der Waals surface area contributed by atoms with Crippen molar-refractivity contribution in [1.29, 1.82) is 0 Å². The molecule has 8 heteroatoms. The monoisotopic (exact) mass is 385 g/mol. The maximum Gasteiger partial charge on any atom is 0.416 e. The molecule has 140 valence electrons. The Kier molecular flexibility index (Phi) is 6.02. The molecule has 2 aromatic rings. The smallest absolute Gasteiger partial charge is 0.398 e. The van der Waals surface area contributed by atoms with E-state index in [2.05, 4.69) is 0 Å². The molecule has 2 N–H and O–H groups in total. The third kappa shape index (κ3) is 4.22. The fourth-order valence-electron chi connectivity index (χ4n) is 2.89. The molecule has 0 aliphatic carbocycles. The van der Waals surface area contributed by atoms with Gasteiger partial charge in [0.15, 0.2) is 0 Å². The summed E-state index contributed by atoms with van der Waals surface area (Å²) in [5, 5.41) is 0. The van der Waals surface area contributed by atoms with Crippen LogP contribution < -0.4 is 10.6 Å². The van der Waals surface area contributed by atoms with E-state index in [1.807, 2.05) is 4.90 Å². The number of hydrogen-bond acceptors (Lipinski definition) is 3. The maximum absolute atomic E-state index is 12.6. The van der Waals surface area contributed by atoms with Crippen molar-refractivity contribution in [2.45, 2.75) is 6.18 Å². The van der Waals surface area contributed by atoms with Gasteiger partial charge < -0.3 is 15.5 Å². The van der Waals surface area contributed by atoms with Crippen LogP contribution in [-0.2, 0) is 6.18 Å². The standard InChI is InChI=1S/C18H18F3N3O.ClH/c19-18(20,21)13-5-7-14(8-6-13)23-9-11-24(12-10-23)17(25)15-3-1-2-4-16(15)22;/h1-8H,9-12,22H2;1H. The molecule has 3 rings (SSSR count). The number of hydrogen-bond donors (Lipinski definition) is 1. The zero-order valence-electron chi connectivity index (χ0n) is 13.9. The fraction of sp³-hybridized carbons (Fsp3) is 0.278. The summed E-state index contributed by atoms with van der Waals surface area (Å²) in [5.74, 6) is -0.120. The van der Waals surface area contributed by atoms with Crippen LogP contribution in [0.1, 0.15) is 15.9 Å². The molecule has 0 spiro atoms. The summed E-state index contributed by atoms with van der Waals surface area (Å²) < 4.78 is 37.9. The number of amides is 1. The average molecular weight is 386 g/mol. The molecule has 1 saturated heterocycles. The highest BCUT2D eigenvalue weighted by Gasteiger charge is 2.30. The number of carbonyl (C=O) groups is 1. The number of alkyl halides is 3. The van der Waals surface area contributed by atoms with Gasteiger partial charge in [0.2, 0.25) is 0 Å². The molecule has 0 unspecified atom stereocenters. The molecular weight excluding hydrogens is 367 g/mol. The molecule has 1 aliphatic rings. The van der Waals surface area contributed by atoms with E-state index < -0.39 is 11.7 Å². The normalized spacial score (nSPS) is 14.7. The van der Waals surface area contributed by atoms with Gasteiger partial charge in [-0.1, -0.05) is 12.1 Å². The first-order valence-electron chi connectivity index (χ1n) is 7.92. The van der Waals surface area contributed by atoms with Gasteiger partial charge in [0.05, 0.1) is 11.1 Å².